The number of carbonyl (C=O) groups excluding carboxylic acids is 1. The predicted molar refractivity (Wildman–Crippen MR) is 121 cm³/mol. The molecule has 3 heterocycles. The van der Waals surface area contributed by atoms with E-state index in [4.69, 9.17) is 4.74 Å². The Balaban J connectivity index is 1.37. The van der Waals surface area contributed by atoms with Crippen molar-refractivity contribution in [3.63, 3.8) is 0 Å². The number of nitrogens with one attached hydrogen (secondary N) is 1. The molecule has 156 valence electrons. The first kappa shape index (κ1) is 19.6. The summed E-state index contributed by atoms with van der Waals surface area (Å²) in [6, 6.07) is 22.3. The summed E-state index contributed by atoms with van der Waals surface area (Å²) in [5.41, 5.74) is 1.41. The minimum Gasteiger partial charge on any atom is -0.424 e. The number of nitrogens with zero attached hydrogens (tertiary/aromatic N) is 5. The van der Waals surface area contributed by atoms with Crippen molar-refractivity contribution in [1.29, 1.82) is 0 Å². The molecule has 0 fully saturated rings. The van der Waals surface area contributed by atoms with Gasteiger partial charge >= 0.3 is 6.01 Å². The van der Waals surface area contributed by atoms with E-state index in [1.165, 1.54) is 11.3 Å². The predicted octanol–water partition coefficient (Wildman–Crippen LogP) is 4.83. The number of benzene rings is 2. The van der Waals surface area contributed by atoms with Crippen LogP contribution in [0.2, 0.25) is 0 Å². The summed E-state index contributed by atoms with van der Waals surface area (Å²) in [5.74, 6) is 0.844. The van der Waals surface area contributed by atoms with E-state index in [2.05, 4.69) is 25.4 Å². The highest BCUT2D eigenvalue weighted by atomic mass is 32.1. The average Bonchev–Trinajstić information content (AvgIpc) is 3.52. The highest BCUT2D eigenvalue weighted by molar-refractivity contribution is 7.13. The van der Waals surface area contributed by atoms with Crippen molar-refractivity contribution in [3.05, 3.63) is 96.4 Å². The number of carbonyl (C=O) groups is 1. The van der Waals surface area contributed by atoms with Crippen LogP contribution in [0.5, 0.6) is 11.8 Å². The molecule has 9 heteroatoms. The molecule has 5 aromatic rings. The van der Waals surface area contributed by atoms with Crippen LogP contribution >= 0.6 is 11.3 Å². The fourth-order valence-electron chi connectivity index (χ4n) is 2.96. The molecule has 1 amide bonds. The lowest BCUT2D eigenvalue weighted by Gasteiger charge is -2.05. The van der Waals surface area contributed by atoms with Crippen LogP contribution in [0.15, 0.2) is 90.6 Å². The van der Waals surface area contributed by atoms with Crippen molar-refractivity contribution in [1.82, 2.24) is 24.7 Å². The van der Waals surface area contributed by atoms with Crippen molar-refractivity contribution >= 4 is 22.9 Å². The molecule has 8 nitrogen and oxygen atoms in total. The second kappa shape index (κ2) is 8.78. The van der Waals surface area contributed by atoms with Gasteiger partial charge in [-0.25, -0.2) is 19.6 Å². The van der Waals surface area contributed by atoms with Crippen molar-refractivity contribution in [2.45, 2.75) is 0 Å². The molecule has 0 aliphatic carbocycles. The molecule has 32 heavy (non-hydrogen) atoms. The van der Waals surface area contributed by atoms with Gasteiger partial charge in [-0.1, -0.05) is 24.3 Å². The van der Waals surface area contributed by atoms with Crippen LogP contribution < -0.4 is 10.1 Å². The van der Waals surface area contributed by atoms with Gasteiger partial charge in [0, 0.05) is 18.1 Å². The van der Waals surface area contributed by atoms with Gasteiger partial charge in [0.2, 0.25) is 5.82 Å². The Morgan fingerprint density at radius 2 is 1.69 bits per heavy atom. The van der Waals surface area contributed by atoms with Gasteiger partial charge in [0.15, 0.2) is 5.82 Å². The number of aromatic nitrogens is 5. The molecular formula is C23H16N6O2S. The molecular weight excluding hydrogens is 424 g/mol. The second-order valence-corrected chi connectivity index (χ2v) is 7.54. The smallest absolute Gasteiger partial charge is 0.321 e. The Hall–Kier alpha value is -4.37. The maximum atomic E-state index is 12.9. The molecule has 0 unspecified atom stereocenters. The standard InChI is InChI=1S/C23H16N6O2S/c30-22(26-16-9-11-18(12-10-16)31-23-24-13-5-14-25-23)20-27-21(19-8-4-15-32-19)29(28-20)17-6-2-1-3-7-17/h1-15H,(H,26,30). The lowest BCUT2D eigenvalue weighted by molar-refractivity contribution is 0.101. The first-order chi connectivity index (χ1) is 15.8. The van der Waals surface area contributed by atoms with Crippen LogP contribution in [0.3, 0.4) is 0 Å². The zero-order valence-electron chi connectivity index (χ0n) is 16.6. The SMILES string of the molecule is O=C(Nc1ccc(Oc2ncccn2)cc1)c1nc(-c2cccs2)n(-c2ccccc2)n1. The van der Waals surface area contributed by atoms with E-state index in [0.717, 1.165) is 10.6 Å². The molecule has 0 saturated carbocycles. The first-order valence-corrected chi connectivity index (χ1v) is 10.6. The van der Waals surface area contributed by atoms with Gasteiger partial charge in [-0.2, -0.15) is 0 Å². The van der Waals surface area contributed by atoms with Crippen LogP contribution in [0, 0.1) is 0 Å². The maximum Gasteiger partial charge on any atom is 0.321 e. The van der Waals surface area contributed by atoms with Crippen LogP contribution in [0.25, 0.3) is 16.4 Å². The Morgan fingerprint density at radius 3 is 2.41 bits per heavy atom. The third kappa shape index (κ3) is 4.23. The average molecular weight is 440 g/mol. The Labute approximate surface area is 187 Å². The molecule has 3 aromatic heterocycles. The summed E-state index contributed by atoms with van der Waals surface area (Å²) < 4.78 is 7.25. The number of rotatable bonds is 6. The number of para-hydroxylation sites is 1. The number of amides is 1. The van der Waals surface area contributed by atoms with Crippen LogP contribution in [0.1, 0.15) is 10.6 Å². The van der Waals surface area contributed by atoms with Crippen molar-refractivity contribution in [2.75, 3.05) is 5.32 Å². The summed E-state index contributed by atoms with van der Waals surface area (Å²) in [6.45, 7) is 0. The normalized spacial score (nSPS) is 10.6. The van der Waals surface area contributed by atoms with E-state index in [1.54, 1.807) is 47.4 Å². The maximum absolute atomic E-state index is 12.9. The van der Waals surface area contributed by atoms with Crippen molar-refractivity contribution < 1.29 is 9.53 Å². The van der Waals surface area contributed by atoms with Gasteiger partial charge in [-0.15, -0.1) is 16.4 Å². The fraction of sp³-hybridized carbons (Fsp3) is 0. The molecule has 0 saturated heterocycles. The first-order valence-electron chi connectivity index (χ1n) is 9.69. The zero-order valence-corrected chi connectivity index (χ0v) is 17.4. The van der Waals surface area contributed by atoms with E-state index >= 15 is 0 Å². The highest BCUT2D eigenvalue weighted by Gasteiger charge is 2.19. The lowest BCUT2D eigenvalue weighted by Crippen LogP contribution is -2.14. The largest absolute Gasteiger partial charge is 0.424 e. The number of hydrogen-bond acceptors (Lipinski definition) is 7. The number of anilines is 1. The summed E-state index contributed by atoms with van der Waals surface area (Å²) in [6.07, 6.45) is 3.20. The number of ether oxygens (including phenoxy) is 1. The van der Waals surface area contributed by atoms with Gasteiger partial charge in [0.1, 0.15) is 5.75 Å². The highest BCUT2D eigenvalue weighted by Crippen LogP contribution is 2.26. The van der Waals surface area contributed by atoms with Crippen molar-refractivity contribution in [3.8, 4) is 28.1 Å². The zero-order chi connectivity index (χ0) is 21.8. The summed E-state index contributed by atoms with van der Waals surface area (Å²) in [5, 5.41) is 9.25. The van der Waals surface area contributed by atoms with Crippen LogP contribution in [-0.4, -0.2) is 30.6 Å². The summed E-state index contributed by atoms with van der Waals surface area (Å²) in [7, 11) is 0. The minimum atomic E-state index is -0.405. The number of thiophene rings is 1. The summed E-state index contributed by atoms with van der Waals surface area (Å²) in [4.78, 5) is 26.3. The van der Waals surface area contributed by atoms with Gasteiger partial charge < -0.3 is 10.1 Å². The van der Waals surface area contributed by atoms with Crippen molar-refractivity contribution in [2.24, 2.45) is 0 Å². The van der Waals surface area contributed by atoms with Gasteiger partial charge in [-0.3, -0.25) is 4.79 Å². The molecule has 0 bridgehead atoms. The monoisotopic (exact) mass is 440 g/mol. The minimum absolute atomic E-state index is 0.0789. The Kier molecular flexibility index (Phi) is 5.38. The number of hydrogen-bond donors (Lipinski definition) is 1. The molecule has 5 rings (SSSR count). The molecule has 0 aliphatic heterocycles. The quantitative estimate of drug-likeness (QED) is 0.406. The second-order valence-electron chi connectivity index (χ2n) is 6.60. The molecule has 0 atom stereocenters. The lowest BCUT2D eigenvalue weighted by atomic mass is 10.3. The van der Waals surface area contributed by atoms with E-state index in [0.29, 0.717) is 17.3 Å². The van der Waals surface area contributed by atoms with E-state index in [9.17, 15) is 4.79 Å². The topological polar surface area (TPSA) is 94.8 Å². The van der Waals surface area contributed by atoms with E-state index < -0.39 is 5.91 Å². The molecule has 0 radical (unpaired) electrons. The Bertz CT molecular complexity index is 1320. The summed E-state index contributed by atoms with van der Waals surface area (Å²) >= 11 is 1.54. The molecule has 0 aliphatic rings. The van der Waals surface area contributed by atoms with Crippen LogP contribution in [-0.2, 0) is 0 Å². The molecule has 0 spiro atoms. The molecule has 2 aromatic carbocycles. The molecule has 1 N–H and O–H groups in total. The van der Waals surface area contributed by atoms with E-state index in [1.807, 2.05) is 47.8 Å². The van der Waals surface area contributed by atoms with E-state index in [-0.39, 0.29) is 11.8 Å². The van der Waals surface area contributed by atoms with Gasteiger partial charge in [-0.05, 0) is 53.9 Å². The van der Waals surface area contributed by atoms with Crippen LogP contribution in [0.4, 0.5) is 5.69 Å². The third-order valence-corrected chi connectivity index (χ3v) is 5.28. The van der Waals surface area contributed by atoms with Gasteiger partial charge in [0.05, 0.1) is 10.6 Å². The van der Waals surface area contributed by atoms with Gasteiger partial charge in [0.25, 0.3) is 5.91 Å². The Morgan fingerprint density at radius 1 is 0.906 bits per heavy atom. The third-order valence-electron chi connectivity index (χ3n) is 4.42. The fourth-order valence-corrected chi connectivity index (χ4v) is 3.66.